The van der Waals surface area contributed by atoms with E-state index in [0.29, 0.717) is 30.0 Å². The van der Waals surface area contributed by atoms with Gasteiger partial charge in [0, 0.05) is 30.1 Å². The standard InChI is InChI=1S/C24H28ClN7O/c1-4-5-6-21-22(25)32(14-16(2)3)24(33)31(21)15-17-7-9-18(10-8-17)20-13-26-12-11-19(20)23-27-29-30-28-23/h7-13,16H,4-6,14-15H2,1-3H3,(H,27,28,29,30). The number of halogens is 1. The number of hydrogen-bond acceptors (Lipinski definition) is 5. The maximum Gasteiger partial charge on any atom is 0.329 e. The van der Waals surface area contributed by atoms with Gasteiger partial charge in [-0.25, -0.2) is 9.89 Å². The van der Waals surface area contributed by atoms with Crippen LogP contribution in [-0.2, 0) is 19.5 Å². The van der Waals surface area contributed by atoms with Crippen LogP contribution in [0.3, 0.4) is 0 Å². The van der Waals surface area contributed by atoms with Crippen molar-refractivity contribution < 1.29 is 0 Å². The van der Waals surface area contributed by atoms with Crippen molar-refractivity contribution in [2.45, 2.75) is 53.1 Å². The van der Waals surface area contributed by atoms with Gasteiger partial charge in [-0.2, -0.15) is 0 Å². The lowest BCUT2D eigenvalue weighted by Gasteiger charge is -2.10. The number of pyridine rings is 1. The molecule has 0 atom stereocenters. The van der Waals surface area contributed by atoms with Crippen molar-refractivity contribution in [2.24, 2.45) is 5.92 Å². The van der Waals surface area contributed by atoms with E-state index in [1.165, 1.54) is 0 Å². The van der Waals surface area contributed by atoms with Gasteiger partial charge in [-0.15, -0.1) is 5.10 Å². The zero-order valence-corrected chi connectivity index (χ0v) is 19.9. The van der Waals surface area contributed by atoms with Gasteiger partial charge in [0.1, 0.15) is 5.15 Å². The largest absolute Gasteiger partial charge is 0.329 e. The number of hydrogen-bond donors (Lipinski definition) is 1. The van der Waals surface area contributed by atoms with Gasteiger partial charge in [-0.3, -0.25) is 14.1 Å². The van der Waals surface area contributed by atoms with Gasteiger partial charge in [-0.1, -0.05) is 63.1 Å². The summed E-state index contributed by atoms with van der Waals surface area (Å²) in [5, 5.41) is 14.7. The first-order valence-electron chi connectivity index (χ1n) is 11.2. The maximum absolute atomic E-state index is 13.2. The Bertz CT molecular complexity index is 1260. The molecule has 0 saturated carbocycles. The van der Waals surface area contributed by atoms with Gasteiger partial charge >= 0.3 is 5.69 Å². The smallest absolute Gasteiger partial charge is 0.290 e. The first-order valence-corrected chi connectivity index (χ1v) is 11.6. The molecule has 0 aliphatic heterocycles. The molecule has 172 valence electrons. The van der Waals surface area contributed by atoms with Crippen molar-refractivity contribution in [1.29, 1.82) is 0 Å². The molecule has 0 bridgehead atoms. The van der Waals surface area contributed by atoms with E-state index >= 15 is 0 Å². The van der Waals surface area contributed by atoms with Gasteiger partial charge < -0.3 is 0 Å². The lowest BCUT2D eigenvalue weighted by atomic mass is 10.0. The highest BCUT2D eigenvalue weighted by Crippen LogP contribution is 2.29. The van der Waals surface area contributed by atoms with Crippen molar-refractivity contribution in [2.75, 3.05) is 0 Å². The summed E-state index contributed by atoms with van der Waals surface area (Å²) in [5.41, 5.74) is 4.70. The zero-order chi connectivity index (χ0) is 23.4. The summed E-state index contributed by atoms with van der Waals surface area (Å²) in [6.45, 7) is 7.41. The second-order valence-electron chi connectivity index (χ2n) is 8.58. The molecule has 33 heavy (non-hydrogen) atoms. The van der Waals surface area contributed by atoms with Crippen LogP contribution in [-0.4, -0.2) is 34.7 Å². The number of unbranched alkanes of at least 4 members (excludes halogenated alkanes) is 1. The molecular weight excluding hydrogens is 438 g/mol. The van der Waals surface area contributed by atoms with Crippen molar-refractivity contribution in [3.63, 3.8) is 0 Å². The third-order valence-corrected chi connectivity index (χ3v) is 6.03. The maximum atomic E-state index is 13.2. The minimum Gasteiger partial charge on any atom is -0.290 e. The van der Waals surface area contributed by atoms with Crippen LogP contribution < -0.4 is 5.69 Å². The first kappa shape index (κ1) is 22.9. The fourth-order valence-electron chi connectivity index (χ4n) is 3.96. The number of tetrazole rings is 1. The summed E-state index contributed by atoms with van der Waals surface area (Å²) in [4.78, 5) is 17.5. The molecule has 1 N–H and O–H groups in total. The Balaban J connectivity index is 1.65. The molecule has 0 radical (unpaired) electrons. The number of aromatic nitrogens is 7. The number of nitrogens with zero attached hydrogens (tertiary/aromatic N) is 6. The topological polar surface area (TPSA) is 94.3 Å². The van der Waals surface area contributed by atoms with Gasteiger partial charge in [0.2, 0.25) is 0 Å². The summed E-state index contributed by atoms with van der Waals surface area (Å²) in [7, 11) is 0. The summed E-state index contributed by atoms with van der Waals surface area (Å²) in [5.74, 6) is 0.923. The summed E-state index contributed by atoms with van der Waals surface area (Å²) in [6, 6.07) is 10.0. The molecule has 8 nitrogen and oxygen atoms in total. The highest BCUT2D eigenvalue weighted by molar-refractivity contribution is 6.30. The van der Waals surface area contributed by atoms with Crippen LogP contribution >= 0.6 is 11.6 Å². The van der Waals surface area contributed by atoms with Crippen molar-refractivity contribution >= 4 is 11.6 Å². The number of benzene rings is 1. The van der Waals surface area contributed by atoms with E-state index in [1.807, 2.05) is 34.9 Å². The zero-order valence-electron chi connectivity index (χ0n) is 19.1. The number of nitrogens with one attached hydrogen (secondary N) is 1. The number of imidazole rings is 1. The molecule has 0 amide bonds. The molecule has 3 aromatic heterocycles. The van der Waals surface area contributed by atoms with E-state index in [4.69, 9.17) is 11.6 Å². The van der Waals surface area contributed by atoms with E-state index in [-0.39, 0.29) is 5.69 Å². The molecule has 4 aromatic rings. The predicted octanol–water partition coefficient (Wildman–Crippen LogP) is 4.59. The number of aromatic amines is 1. The normalized spacial score (nSPS) is 11.4. The molecule has 0 spiro atoms. The van der Waals surface area contributed by atoms with Gasteiger partial charge in [-0.05, 0) is 46.4 Å². The van der Waals surface area contributed by atoms with Crippen molar-refractivity contribution in [1.82, 2.24) is 34.7 Å². The molecule has 4 rings (SSSR count). The Morgan fingerprint density at radius 1 is 1.09 bits per heavy atom. The summed E-state index contributed by atoms with van der Waals surface area (Å²) < 4.78 is 3.53. The lowest BCUT2D eigenvalue weighted by Crippen LogP contribution is -2.27. The van der Waals surface area contributed by atoms with Crippen LogP contribution in [0.1, 0.15) is 44.9 Å². The van der Waals surface area contributed by atoms with Gasteiger partial charge in [0.05, 0.1) is 12.2 Å². The first-order chi connectivity index (χ1) is 16.0. The van der Waals surface area contributed by atoms with E-state index in [0.717, 1.165) is 47.2 Å². The van der Waals surface area contributed by atoms with Crippen molar-refractivity contribution in [3.8, 4) is 22.5 Å². The molecule has 0 saturated heterocycles. The monoisotopic (exact) mass is 465 g/mol. The van der Waals surface area contributed by atoms with E-state index in [1.54, 1.807) is 17.0 Å². The Morgan fingerprint density at radius 2 is 1.88 bits per heavy atom. The Labute approximate surface area is 197 Å². The molecule has 0 unspecified atom stereocenters. The Hall–Kier alpha value is -3.26. The average molecular weight is 466 g/mol. The Kier molecular flexibility index (Phi) is 7.03. The summed E-state index contributed by atoms with van der Waals surface area (Å²) in [6.07, 6.45) is 6.34. The van der Waals surface area contributed by atoms with Crippen LogP contribution in [0.5, 0.6) is 0 Å². The van der Waals surface area contributed by atoms with Gasteiger partial charge in [0.15, 0.2) is 5.82 Å². The number of rotatable bonds is 9. The molecular formula is C24H28ClN7O. The minimum absolute atomic E-state index is 0.0451. The quantitative estimate of drug-likeness (QED) is 0.390. The average Bonchev–Trinajstić information content (AvgIpc) is 3.42. The molecule has 0 aliphatic rings. The fraction of sp³-hybridized carbons (Fsp3) is 0.375. The number of H-pyrrole nitrogens is 1. The highest BCUT2D eigenvalue weighted by Gasteiger charge is 2.19. The molecule has 3 heterocycles. The van der Waals surface area contributed by atoms with Crippen LogP contribution in [0.25, 0.3) is 22.5 Å². The highest BCUT2D eigenvalue weighted by atomic mass is 35.5. The molecule has 0 fully saturated rings. The van der Waals surface area contributed by atoms with Crippen LogP contribution in [0.4, 0.5) is 0 Å². The van der Waals surface area contributed by atoms with Gasteiger partial charge in [0.25, 0.3) is 0 Å². The van der Waals surface area contributed by atoms with Crippen molar-refractivity contribution in [3.05, 3.63) is 69.6 Å². The van der Waals surface area contributed by atoms with Crippen LogP contribution in [0.15, 0.2) is 47.5 Å². The second kappa shape index (κ2) is 10.1. The van der Waals surface area contributed by atoms with E-state index in [9.17, 15) is 4.79 Å². The van der Waals surface area contributed by atoms with E-state index in [2.05, 4.69) is 46.4 Å². The third kappa shape index (κ3) is 4.90. The lowest BCUT2D eigenvalue weighted by molar-refractivity contribution is 0.504. The second-order valence-corrected chi connectivity index (χ2v) is 8.94. The van der Waals surface area contributed by atoms with E-state index < -0.39 is 0 Å². The molecule has 9 heteroatoms. The minimum atomic E-state index is -0.0451. The molecule has 1 aromatic carbocycles. The van der Waals surface area contributed by atoms with Crippen LogP contribution in [0.2, 0.25) is 5.15 Å². The molecule has 0 aliphatic carbocycles. The third-order valence-electron chi connectivity index (χ3n) is 5.60. The fourth-order valence-corrected chi connectivity index (χ4v) is 4.30. The Morgan fingerprint density at radius 3 is 2.55 bits per heavy atom. The predicted molar refractivity (Wildman–Crippen MR) is 129 cm³/mol. The SMILES string of the molecule is CCCCc1c(Cl)n(CC(C)C)c(=O)n1Cc1ccc(-c2cnccc2-c2nnn[nH]2)cc1. The van der Waals surface area contributed by atoms with Crippen LogP contribution in [0, 0.1) is 5.92 Å². The summed E-state index contributed by atoms with van der Waals surface area (Å²) >= 11 is 6.67.